The molecule has 0 unspecified atom stereocenters. The van der Waals surface area contributed by atoms with Crippen molar-refractivity contribution in [2.45, 2.75) is 32.1 Å². The number of sulfone groups is 1. The molecule has 0 aromatic carbocycles. The summed E-state index contributed by atoms with van der Waals surface area (Å²) >= 11 is 0. The van der Waals surface area contributed by atoms with Gasteiger partial charge in [0.1, 0.15) is 0 Å². The Kier molecular flexibility index (Phi) is 4.02. The van der Waals surface area contributed by atoms with Crippen molar-refractivity contribution in [3.63, 3.8) is 0 Å². The summed E-state index contributed by atoms with van der Waals surface area (Å²) in [6.45, 7) is 6.07. The Morgan fingerprint density at radius 3 is 2.94 bits per heavy atom. The Morgan fingerprint density at radius 1 is 1.44 bits per heavy atom. The minimum atomic E-state index is -2.89. The second-order valence-corrected chi connectivity index (χ2v) is 7.53. The van der Waals surface area contributed by atoms with Crippen LogP contribution < -0.4 is 0 Å². The molecule has 1 aromatic heterocycles. The van der Waals surface area contributed by atoms with Crippen molar-refractivity contribution in [2.75, 3.05) is 18.8 Å². The van der Waals surface area contributed by atoms with E-state index in [1.54, 1.807) is 6.20 Å². The van der Waals surface area contributed by atoms with Crippen molar-refractivity contribution in [3.8, 4) is 0 Å². The Hall–Kier alpha value is -0.940. The molecular formula is C13H20N2O2S. The van der Waals surface area contributed by atoms with E-state index < -0.39 is 9.84 Å². The first-order valence-corrected chi connectivity index (χ1v) is 8.05. The molecule has 1 atom stereocenters. The molecule has 1 aliphatic heterocycles. The van der Waals surface area contributed by atoms with Crippen LogP contribution in [-0.4, -0.2) is 42.4 Å². The first-order valence-electron chi connectivity index (χ1n) is 6.33. The highest BCUT2D eigenvalue weighted by atomic mass is 32.2. The number of nitrogens with zero attached hydrogens (tertiary/aromatic N) is 2. The van der Waals surface area contributed by atoms with Crippen molar-refractivity contribution in [3.05, 3.63) is 29.6 Å². The van der Waals surface area contributed by atoms with Gasteiger partial charge in [0, 0.05) is 25.0 Å². The van der Waals surface area contributed by atoms with E-state index in [9.17, 15) is 8.42 Å². The second-order valence-electron chi connectivity index (χ2n) is 4.99. The summed E-state index contributed by atoms with van der Waals surface area (Å²) in [5.41, 5.74) is 2.21. The third-order valence-corrected chi connectivity index (χ3v) is 5.88. The van der Waals surface area contributed by atoms with E-state index in [0.717, 1.165) is 25.2 Å². The van der Waals surface area contributed by atoms with Gasteiger partial charge in [0.05, 0.1) is 11.0 Å². The Morgan fingerprint density at radius 2 is 2.22 bits per heavy atom. The Labute approximate surface area is 109 Å². The number of hydrogen-bond acceptors (Lipinski definition) is 4. The average molecular weight is 268 g/mol. The van der Waals surface area contributed by atoms with Gasteiger partial charge < -0.3 is 0 Å². The summed E-state index contributed by atoms with van der Waals surface area (Å²) in [5.74, 6) is 0.271. The average Bonchev–Trinajstić information content (AvgIpc) is 2.45. The molecule has 0 saturated carbocycles. The van der Waals surface area contributed by atoms with Crippen molar-refractivity contribution in [1.29, 1.82) is 0 Å². The monoisotopic (exact) mass is 268 g/mol. The minimum Gasteiger partial charge on any atom is -0.298 e. The maximum Gasteiger partial charge on any atom is 0.154 e. The zero-order valence-electron chi connectivity index (χ0n) is 11.0. The second kappa shape index (κ2) is 5.36. The Balaban J connectivity index is 2.06. The molecule has 1 aromatic rings. The molecular weight excluding hydrogens is 248 g/mol. The van der Waals surface area contributed by atoms with Crippen LogP contribution in [0.5, 0.6) is 0 Å². The van der Waals surface area contributed by atoms with Crippen molar-refractivity contribution < 1.29 is 8.42 Å². The zero-order chi connectivity index (χ0) is 13.2. The molecule has 2 rings (SSSR count). The summed E-state index contributed by atoms with van der Waals surface area (Å²) in [7, 11) is -2.89. The molecule has 0 amide bonds. The SMILES string of the molecule is Cc1ncccc1CN1CC[C@H](C)S(=O)(=O)CC1. The van der Waals surface area contributed by atoms with Crippen molar-refractivity contribution in [2.24, 2.45) is 0 Å². The zero-order valence-corrected chi connectivity index (χ0v) is 11.8. The van der Waals surface area contributed by atoms with Gasteiger partial charge in [-0.2, -0.15) is 0 Å². The number of pyridine rings is 1. The largest absolute Gasteiger partial charge is 0.298 e. The number of hydrogen-bond donors (Lipinski definition) is 0. The molecule has 0 bridgehead atoms. The van der Waals surface area contributed by atoms with Crippen LogP contribution in [0.25, 0.3) is 0 Å². The standard InChI is InChI=1S/C13H20N2O2S/c1-11-5-7-15(8-9-18(11,16)17)10-13-4-3-6-14-12(13)2/h3-4,6,11H,5,7-10H2,1-2H3/t11-/m0/s1. The van der Waals surface area contributed by atoms with Gasteiger partial charge in [-0.3, -0.25) is 9.88 Å². The van der Waals surface area contributed by atoms with Crippen LogP contribution in [0.1, 0.15) is 24.6 Å². The van der Waals surface area contributed by atoms with E-state index >= 15 is 0 Å². The summed E-state index contributed by atoms with van der Waals surface area (Å²) < 4.78 is 23.7. The molecule has 0 spiro atoms. The van der Waals surface area contributed by atoms with E-state index in [2.05, 4.69) is 16.0 Å². The fourth-order valence-corrected chi connectivity index (χ4v) is 3.58. The van der Waals surface area contributed by atoms with Crippen molar-refractivity contribution in [1.82, 2.24) is 9.88 Å². The number of rotatable bonds is 2. The highest BCUT2D eigenvalue weighted by Gasteiger charge is 2.26. The van der Waals surface area contributed by atoms with Crippen LogP contribution in [0, 0.1) is 6.92 Å². The van der Waals surface area contributed by atoms with Gasteiger partial charge in [-0.1, -0.05) is 6.07 Å². The van der Waals surface area contributed by atoms with E-state index in [4.69, 9.17) is 0 Å². The van der Waals surface area contributed by atoms with E-state index in [1.165, 1.54) is 5.56 Å². The van der Waals surface area contributed by atoms with Crippen molar-refractivity contribution >= 4 is 9.84 Å². The molecule has 5 heteroatoms. The lowest BCUT2D eigenvalue weighted by molar-refractivity contribution is 0.282. The topological polar surface area (TPSA) is 50.3 Å². The molecule has 1 fully saturated rings. The summed E-state index contributed by atoms with van der Waals surface area (Å²) in [6, 6.07) is 3.99. The smallest absolute Gasteiger partial charge is 0.154 e. The van der Waals surface area contributed by atoms with Crippen LogP contribution in [0.3, 0.4) is 0 Å². The normalized spacial score (nSPS) is 24.7. The van der Waals surface area contributed by atoms with E-state index in [-0.39, 0.29) is 11.0 Å². The summed E-state index contributed by atoms with van der Waals surface area (Å²) in [4.78, 5) is 6.48. The molecule has 1 saturated heterocycles. The molecule has 2 heterocycles. The van der Waals surface area contributed by atoms with Crippen LogP contribution in [0.4, 0.5) is 0 Å². The maximum atomic E-state index is 11.8. The molecule has 0 N–H and O–H groups in total. The Bertz CT molecular complexity index is 513. The lowest BCUT2D eigenvalue weighted by atomic mass is 10.2. The first kappa shape index (κ1) is 13.5. The third kappa shape index (κ3) is 3.09. The predicted molar refractivity (Wildman–Crippen MR) is 72.1 cm³/mol. The number of aryl methyl sites for hydroxylation is 1. The summed E-state index contributed by atoms with van der Waals surface area (Å²) in [6.07, 6.45) is 2.51. The molecule has 0 radical (unpaired) electrons. The lowest BCUT2D eigenvalue weighted by Crippen LogP contribution is -2.27. The third-order valence-electron chi connectivity index (χ3n) is 3.67. The molecule has 100 valence electrons. The van der Waals surface area contributed by atoms with Gasteiger partial charge >= 0.3 is 0 Å². The van der Waals surface area contributed by atoms with E-state index in [0.29, 0.717) is 6.54 Å². The predicted octanol–water partition coefficient (Wildman–Crippen LogP) is 1.40. The fraction of sp³-hybridized carbons (Fsp3) is 0.615. The first-order chi connectivity index (χ1) is 8.49. The van der Waals surface area contributed by atoms with Gasteiger partial charge in [0.15, 0.2) is 9.84 Å². The quantitative estimate of drug-likeness (QED) is 0.813. The number of aromatic nitrogens is 1. The highest BCUT2D eigenvalue weighted by molar-refractivity contribution is 7.92. The lowest BCUT2D eigenvalue weighted by Gasteiger charge is -2.19. The molecule has 0 aliphatic carbocycles. The van der Waals surface area contributed by atoms with Crippen LogP contribution >= 0.6 is 0 Å². The molecule has 18 heavy (non-hydrogen) atoms. The molecule has 4 nitrogen and oxygen atoms in total. The van der Waals surface area contributed by atoms with Gasteiger partial charge in [-0.05, 0) is 38.4 Å². The molecule has 1 aliphatic rings. The fourth-order valence-electron chi connectivity index (χ4n) is 2.20. The van der Waals surface area contributed by atoms with Crippen LogP contribution in [0.15, 0.2) is 18.3 Å². The minimum absolute atomic E-state index is 0.211. The van der Waals surface area contributed by atoms with Crippen LogP contribution in [-0.2, 0) is 16.4 Å². The van der Waals surface area contributed by atoms with Gasteiger partial charge in [-0.25, -0.2) is 8.42 Å². The van der Waals surface area contributed by atoms with Gasteiger partial charge in [0.2, 0.25) is 0 Å². The van der Waals surface area contributed by atoms with Gasteiger partial charge in [-0.15, -0.1) is 0 Å². The highest BCUT2D eigenvalue weighted by Crippen LogP contribution is 2.16. The summed E-state index contributed by atoms with van der Waals surface area (Å²) in [5, 5.41) is -0.211. The maximum absolute atomic E-state index is 11.8. The van der Waals surface area contributed by atoms with Crippen LogP contribution in [0.2, 0.25) is 0 Å². The van der Waals surface area contributed by atoms with E-state index in [1.807, 2.05) is 19.9 Å². The van der Waals surface area contributed by atoms with Gasteiger partial charge in [0.25, 0.3) is 0 Å².